The van der Waals surface area contributed by atoms with Gasteiger partial charge in [0.2, 0.25) is 10.8 Å². The van der Waals surface area contributed by atoms with Gasteiger partial charge in [-0.05, 0) is 48.4 Å². The van der Waals surface area contributed by atoms with Crippen molar-refractivity contribution in [3.63, 3.8) is 0 Å². The molecule has 0 radical (unpaired) electrons. The van der Waals surface area contributed by atoms with Crippen LogP contribution < -0.4 is 9.80 Å². The molecule has 3 aromatic carbocycles. The summed E-state index contributed by atoms with van der Waals surface area (Å²) in [6, 6.07) is 23.0. The molecule has 1 atom stereocenters. The van der Waals surface area contributed by atoms with Crippen molar-refractivity contribution in [3.8, 4) is 0 Å². The van der Waals surface area contributed by atoms with Crippen molar-refractivity contribution in [2.75, 3.05) is 15.6 Å². The Bertz CT molecular complexity index is 1160. The number of carbonyl (C=O) groups is 2. The number of hydrogen-bond acceptors (Lipinski definition) is 3. The Morgan fingerprint density at radius 3 is 2.53 bits per heavy atom. The molecule has 2 heterocycles. The Hall–Kier alpha value is -2.76. The lowest BCUT2D eigenvalue weighted by Gasteiger charge is -2.33. The van der Waals surface area contributed by atoms with Crippen LogP contribution in [-0.2, 0) is 21.0 Å². The summed E-state index contributed by atoms with van der Waals surface area (Å²) in [7, 11) is 0. The van der Waals surface area contributed by atoms with Crippen molar-refractivity contribution in [2.24, 2.45) is 0 Å². The van der Waals surface area contributed by atoms with E-state index in [-0.39, 0.29) is 17.6 Å². The SMILES string of the molecule is Cc1cccc(N2C(=O)CS[C@@]23C(=O)N(Cc2ccc(Cl)cc2)c2ccccc23)c1. The lowest BCUT2D eigenvalue weighted by molar-refractivity contribution is -0.123. The van der Waals surface area contributed by atoms with Crippen molar-refractivity contribution in [3.05, 3.63) is 94.5 Å². The first-order valence-electron chi connectivity index (χ1n) is 9.70. The summed E-state index contributed by atoms with van der Waals surface area (Å²) in [5, 5.41) is 0.658. The third-order valence-electron chi connectivity index (χ3n) is 5.58. The van der Waals surface area contributed by atoms with Crippen LogP contribution in [0.3, 0.4) is 0 Å². The molecule has 1 spiro atoms. The van der Waals surface area contributed by atoms with E-state index in [1.807, 2.05) is 79.7 Å². The zero-order chi connectivity index (χ0) is 20.9. The van der Waals surface area contributed by atoms with Crippen molar-refractivity contribution in [1.82, 2.24) is 0 Å². The molecular weight excluding hydrogens is 416 g/mol. The molecule has 0 unspecified atom stereocenters. The molecule has 30 heavy (non-hydrogen) atoms. The second-order valence-corrected chi connectivity index (χ2v) is 9.14. The van der Waals surface area contributed by atoms with Crippen molar-refractivity contribution in [2.45, 2.75) is 18.3 Å². The fourth-order valence-corrected chi connectivity index (χ4v) is 5.74. The molecule has 1 saturated heterocycles. The standard InChI is InChI=1S/C24H19ClN2O2S/c1-16-5-4-6-19(13-16)27-22(28)15-30-24(27)20-7-2-3-8-21(20)26(23(24)29)14-17-9-11-18(25)12-10-17/h2-13H,14-15H2,1H3/t24-/m0/s1. The Labute approximate surface area is 184 Å². The highest BCUT2D eigenvalue weighted by Gasteiger charge is 2.60. The largest absolute Gasteiger partial charge is 0.304 e. The molecule has 3 aromatic rings. The van der Waals surface area contributed by atoms with E-state index in [1.54, 1.807) is 9.80 Å². The maximum Gasteiger partial charge on any atom is 0.269 e. The van der Waals surface area contributed by atoms with Crippen molar-refractivity contribution >= 4 is 46.6 Å². The average Bonchev–Trinajstić information content (AvgIpc) is 3.21. The molecule has 0 aliphatic carbocycles. The zero-order valence-corrected chi connectivity index (χ0v) is 17.9. The summed E-state index contributed by atoms with van der Waals surface area (Å²) in [6.45, 7) is 2.41. The molecule has 2 aliphatic rings. The van der Waals surface area contributed by atoms with Gasteiger partial charge in [0.25, 0.3) is 5.91 Å². The lowest BCUT2D eigenvalue weighted by Crippen LogP contribution is -2.49. The maximum atomic E-state index is 14.0. The van der Waals surface area contributed by atoms with Gasteiger partial charge in [0.05, 0.1) is 18.0 Å². The van der Waals surface area contributed by atoms with Crippen LogP contribution in [0.2, 0.25) is 5.02 Å². The first-order valence-corrected chi connectivity index (χ1v) is 11.1. The first-order chi connectivity index (χ1) is 14.5. The summed E-state index contributed by atoms with van der Waals surface area (Å²) in [6.07, 6.45) is 0. The molecule has 150 valence electrons. The second kappa shape index (κ2) is 7.18. The van der Waals surface area contributed by atoms with Crippen LogP contribution in [0.4, 0.5) is 11.4 Å². The summed E-state index contributed by atoms with van der Waals surface area (Å²) in [5.41, 5.74) is 4.49. The number of benzene rings is 3. The molecule has 0 saturated carbocycles. The summed E-state index contributed by atoms with van der Waals surface area (Å²) >= 11 is 7.43. The number of halogens is 1. The Morgan fingerprint density at radius 2 is 1.77 bits per heavy atom. The van der Waals surface area contributed by atoms with Gasteiger partial charge in [-0.3, -0.25) is 14.5 Å². The smallest absolute Gasteiger partial charge is 0.269 e. The summed E-state index contributed by atoms with van der Waals surface area (Å²) in [4.78, 5) is 29.4. The third kappa shape index (κ3) is 2.84. The van der Waals surface area contributed by atoms with E-state index in [1.165, 1.54) is 11.8 Å². The minimum atomic E-state index is -1.08. The van der Waals surface area contributed by atoms with Crippen molar-refractivity contribution in [1.29, 1.82) is 0 Å². The van der Waals surface area contributed by atoms with Crippen LogP contribution in [0.1, 0.15) is 16.7 Å². The van der Waals surface area contributed by atoms with Gasteiger partial charge < -0.3 is 4.90 Å². The normalized spacial score (nSPS) is 20.3. The van der Waals surface area contributed by atoms with E-state index in [0.717, 1.165) is 28.1 Å². The number of amides is 2. The minimum Gasteiger partial charge on any atom is -0.304 e. The molecule has 2 amide bonds. The van der Waals surface area contributed by atoms with Crippen LogP contribution in [0.15, 0.2) is 72.8 Å². The highest BCUT2D eigenvalue weighted by molar-refractivity contribution is 8.02. The Morgan fingerprint density at radius 1 is 1.00 bits per heavy atom. The van der Waals surface area contributed by atoms with Gasteiger partial charge >= 0.3 is 0 Å². The zero-order valence-electron chi connectivity index (χ0n) is 16.3. The van der Waals surface area contributed by atoms with Crippen molar-refractivity contribution < 1.29 is 9.59 Å². The molecule has 0 aromatic heterocycles. The van der Waals surface area contributed by atoms with Gasteiger partial charge in [-0.1, -0.05) is 54.1 Å². The lowest BCUT2D eigenvalue weighted by atomic mass is 10.0. The number of rotatable bonds is 3. The van der Waals surface area contributed by atoms with Gasteiger partial charge in [0.15, 0.2) is 0 Å². The number of para-hydroxylation sites is 1. The number of thioether (sulfide) groups is 1. The highest BCUT2D eigenvalue weighted by atomic mass is 35.5. The quantitative estimate of drug-likeness (QED) is 0.574. The van der Waals surface area contributed by atoms with Crippen LogP contribution in [-0.4, -0.2) is 17.6 Å². The van der Waals surface area contributed by atoms with Gasteiger partial charge in [-0.15, -0.1) is 11.8 Å². The van der Waals surface area contributed by atoms with Crippen LogP contribution in [0.25, 0.3) is 0 Å². The van der Waals surface area contributed by atoms with Gasteiger partial charge in [-0.25, -0.2) is 0 Å². The van der Waals surface area contributed by atoms with E-state index in [9.17, 15) is 9.59 Å². The maximum absolute atomic E-state index is 14.0. The number of nitrogens with zero attached hydrogens (tertiary/aromatic N) is 2. The number of aryl methyl sites for hydroxylation is 1. The van der Waals surface area contributed by atoms with Gasteiger partial charge in [0.1, 0.15) is 0 Å². The Balaban J connectivity index is 1.64. The van der Waals surface area contributed by atoms with E-state index in [0.29, 0.717) is 11.6 Å². The van der Waals surface area contributed by atoms with E-state index in [4.69, 9.17) is 11.6 Å². The number of fused-ring (bicyclic) bond motifs is 2. The number of hydrogen-bond donors (Lipinski definition) is 0. The fourth-order valence-electron chi connectivity index (χ4n) is 4.25. The molecule has 0 N–H and O–H groups in total. The molecule has 2 aliphatic heterocycles. The molecule has 0 bridgehead atoms. The Kier molecular flexibility index (Phi) is 4.60. The van der Waals surface area contributed by atoms with E-state index in [2.05, 4.69) is 0 Å². The van der Waals surface area contributed by atoms with Crippen LogP contribution in [0, 0.1) is 6.92 Å². The molecule has 6 heteroatoms. The van der Waals surface area contributed by atoms with Crippen LogP contribution >= 0.6 is 23.4 Å². The van der Waals surface area contributed by atoms with E-state index >= 15 is 0 Å². The predicted molar refractivity (Wildman–Crippen MR) is 122 cm³/mol. The van der Waals surface area contributed by atoms with Crippen LogP contribution in [0.5, 0.6) is 0 Å². The summed E-state index contributed by atoms with van der Waals surface area (Å²) in [5.74, 6) is 0.126. The number of anilines is 2. The molecular formula is C24H19ClN2O2S. The number of carbonyl (C=O) groups excluding carboxylic acids is 2. The minimum absolute atomic E-state index is 0.0536. The molecule has 1 fully saturated rings. The average molecular weight is 435 g/mol. The van der Waals surface area contributed by atoms with Gasteiger partial charge in [-0.2, -0.15) is 0 Å². The fraction of sp³-hybridized carbons (Fsp3) is 0.167. The summed E-state index contributed by atoms with van der Waals surface area (Å²) < 4.78 is 0. The topological polar surface area (TPSA) is 40.6 Å². The molecule has 4 nitrogen and oxygen atoms in total. The monoisotopic (exact) mass is 434 g/mol. The van der Waals surface area contributed by atoms with E-state index < -0.39 is 4.87 Å². The molecule has 5 rings (SSSR count). The predicted octanol–water partition coefficient (Wildman–Crippen LogP) is 5.13. The van der Waals surface area contributed by atoms with Gasteiger partial charge in [0, 0.05) is 16.3 Å². The highest BCUT2D eigenvalue weighted by Crippen LogP contribution is 2.55. The third-order valence-corrected chi connectivity index (χ3v) is 7.22. The second-order valence-electron chi connectivity index (χ2n) is 7.54. The first kappa shape index (κ1) is 19.2.